The first kappa shape index (κ1) is 12.8. The Morgan fingerprint density at radius 3 is 2.40 bits per heavy atom. The number of carbonyl (C=O) groups is 2. The summed E-state index contributed by atoms with van der Waals surface area (Å²) < 4.78 is 0. The van der Waals surface area contributed by atoms with E-state index in [0.717, 1.165) is 0 Å². The highest BCUT2D eigenvalue weighted by atomic mass is 16.6. The van der Waals surface area contributed by atoms with E-state index in [9.17, 15) is 14.9 Å². The molecule has 6 nitrogen and oxygen atoms in total. The van der Waals surface area contributed by atoms with Gasteiger partial charge >= 0.3 is 5.97 Å². The number of carbonyl (C=O) groups excluding carboxylic acids is 1. The summed E-state index contributed by atoms with van der Waals surface area (Å²) in [7, 11) is 0. The van der Waals surface area contributed by atoms with Crippen molar-refractivity contribution in [2.75, 3.05) is 0 Å². The van der Waals surface area contributed by atoms with Gasteiger partial charge in [-0.1, -0.05) is 6.07 Å². The third-order valence-electron chi connectivity index (χ3n) is 1.73. The fourth-order valence-electron chi connectivity index (χ4n) is 1.05. The summed E-state index contributed by atoms with van der Waals surface area (Å²) in [5, 5.41) is 19.1. The van der Waals surface area contributed by atoms with E-state index in [0.29, 0.717) is 0 Å². The summed E-state index contributed by atoms with van der Waals surface area (Å²) in [6.45, 7) is 3.42. The number of hydrogen-bond donors (Lipinski definition) is 1. The number of aromatic carboxylic acids is 1. The van der Waals surface area contributed by atoms with Crippen molar-refractivity contribution < 1.29 is 19.6 Å². The van der Waals surface area contributed by atoms with Gasteiger partial charge in [-0.3, -0.25) is 10.1 Å². The van der Waals surface area contributed by atoms with Gasteiger partial charge < -0.3 is 9.90 Å². The number of nitrogens with zero attached hydrogens (tertiary/aromatic N) is 1. The molecule has 0 aliphatic carbocycles. The minimum Gasteiger partial charge on any atom is -0.478 e. The van der Waals surface area contributed by atoms with Crippen molar-refractivity contribution in [2.24, 2.45) is 0 Å². The fraction of sp³-hybridized carbons (Fsp3) is 0.111. The van der Waals surface area contributed by atoms with Gasteiger partial charge in [-0.05, 0) is 13.0 Å². The Morgan fingerprint density at radius 2 is 2.00 bits per heavy atom. The molecule has 0 bridgehead atoms. The molecule has 0 aromatic heterocycles. The van der Waals surface area contributed by atoms with E-state index < -0.39 is 10.9 Å². The van der Waals surface area contributed by atoms with Gasteiger partial charge in [0.15, 0.2) is 0 Å². The molecule has 1 N–H and O–H groups in total. The van der Waals surface area contributed by atoms with E-state index in [1.54, 1.807) is 0 Å². The molecular weight excluding hydrogens is 202 g/mol. The summed E-state index contributed by atoms with van der Waals surface area (Å²) >= 11 is 0. The summed E-state index contributed by atoms with van der Waals surface area (Å²) in [6.07, 6.45) is 0. The van der Waals surface area contributed by atoms with E-state index in [1.807, 2.05) is 6.79 Å². The van der Waals surface area contributed by atoms with Gasteiger partial charge in [0.25, 0.3) is 5.69 Å². The predicted octanol–water partition coefficient (Wildman–Crippen LogP) is 1.42. The molecular formula is C9H9NO5. The molecule has 0 unspecified atom stereocenters. The summed E-state index contributed by atoms with van der Waals surface area (Å²) in [5.41, 5.74) is -0.0194. The first-order chi connectivity index (χ1) is 7.04. The zero-order valence-electron chi connectivity index (χ0n) is 7.97. The molecule has 0 radical (unpaired) electrons. The van der Waals surface area contributed by atoms with Crippen molar-refractivity contribution in [3.05, 3.63) is 39.4 Å². The Bertz CT molecular complexity index is 356. The number of nitro groups is 1. The van der Waals surface area contributed by atoms with Crippen molar-refractivity contribution in [1.82, 2.24) is 0 Å². The molecule has 0 aliphatic rings. The quantitative estimate of drug-likeness (QED) is 0.589. The number of rotatable bonds is 2. The first-order valence-electron chi connectivity index (χ1n) is 3.80. The molecule has 0 aliphatic heterocycles. The number of nitro benzene ring substituents is 1. The predicted molar refractivity (Wildman–Crippen MR) is 51.9 cm³/mol. The average Bonchev–Trinajstić information content (AvgIpc) is 2.20. The van der Waals surface area contributed by atoms with Gasteiger partial charge in [-0.15, -0.1) is 0 Å². The molecule has 80 valence electrons. The number of carboxylic acids is 1. The molecule has 0 saturated carbocycles. The van der Waals surface area contributed by atoms with Crippen molar-refractivity contribution in [2.45, 2.75) is 6.92 Å². The molecule has 0 amide bonds. The van der Waals surface area contributed by atoms with Crippen LogP contribution in [0, 0.1) is 17.0 Å². The van der Waals surface area contributed by atoms with E-state index in [2.05, 4.69) is 0 Å². The first-order valence-corrected chi connectivity index (χ1v) is 3.80. The lowest BCUT2D eigenvalue weighted by Crippen LogP contribution is -2.02. The third kappa shape index (κ3) is 2.87. The smallest absolute Gasteiger partial charge is 0.336 e. The molecule has 0 atom stereocenters. The standard InChI is InChI=1S/C8H7NO4.CH2O/c1-5-6(8(10)11)3-2-4-7(5)9(12)13;1-2/h2-4H,1H3,(H,10,11);1H2. The second kappa shape index (κ2) is 5.48. The van der Waals surface area contributed by atoms with Crippen LogP contribution in [-0.4, -0.2) is 22.8 Å². The topological polar surface area (TPSA) is 97.5 Å². The van der Waals surface area contributed by atoms with Crippen molar-refractivity contribution >= 4 is 18.4 Å². The van der Waals surface area contributed by atoms with E-state index in [-0.39, 0.29) is 16.8 Å². The minimum absolute atomic E-state index is 0.0331. The van der Waals surface area contributed by atoms with Gasteiger partial charge in [-0.2, -0.15) is 0 Å². The van der Waals surface area contributed by atoms with Crippen LogP contribution < -0.4 is 0 Å². The Labute approximate surface area is 85.3 Å². The van der Waals surface area contributed by atoms with E-state index >= 15 is 0 Å². The molecule has 0 fully saturated rings. The molecule has 6 heteroatoms. The Hall–Kier alpha value is -2.24. The SMILES string of the molecule is C=O.Cc1c(C(=O)O)cccc1[N+](=O)[O-]. The lowest BCUT2D eigenvalue weighted by atomic mass is 10.1. The van der Waals surface area contributed by atoms with Gasteiger partial charge in [0, 0.05) is 11.6 Å². The van der Waals surface area contributed by atoms with Gasteiger partial charge in [-0.25, -0.2) is 4.79 Å². The van der Waals surface area contributed by atoms with E-state index in [1.165, 1.54) is 25.1 Å². The van der Waals surface area contributed by atoms with Gasteiger partial charge in [0.1, 0.15) is 6.79 Å². The van der Waals surface area contributed by atoms with Crippen LogP contribution >= 0.6 is 0 Å². The highest BCUT2D eigenvalue weighted by Crippen LogP contribution is 2.20. The maximum absolute atomic E-state index is 10.6. The lowest BCUT2D eigenvalue weighted by Gasteiger charge is -2.00. The molecule has 0 heterocycles. The minimum atomic E-state index is -1.15. The summed E-state index contributed by atoms with van der Waals surface area (Å²) in [5.74, 6) is -1.15. The molecule has 0 spiro atoms. The summed E-state index contributed by atoms with van der Waals surface area (Å²) in [6, 6.07) is 3.97. The highest BCUT2D eigenvalue weighted by molar-refractivity contribution is 5.90. The number of benzene rings is 1. The highest BCUT2D eigenvalue weighted by Gasteiger charge is 2.16. The number of hydrogen-bond acceptors (Lipinski definition) is 4. The average molecular weight is 211 g/mol. The zero-order valence-corrected chi connectivity index (χ0v) is 7.97. The van der Waals surface area contributed by atoms with Crippen LogP contribution in [0.3, 0.4) is 0 Å². The van der Waals surface area contributed by atoms with Crippen molar-refractivity contribution in [3.63, 3.8) is 0 Å². The third-order valence-corrected chi connectivity index (χ3v) is 1.73. The summed E-state index contributed by atoms with van der Waals surface area (Å²) in [4.78, 5) is 28.4. The molecule has 1 rings (SSSR count). The second-order valence-corrected chi connectivity index (χ2v) is 2.51. The van der Waals surface area contributed by atoms with Crippen LogP contribution in [0.4, 0.5) is 5.69 Å². The molecule has 1 aromatic carbocycles. The van der Waals surface area contributed by atoms with Crippen LogP contribution in [0.25, 0.3) is 0 Å². The van der Waals surface area contributed by atoms with E-state index in [4.69, 9.17) is 9.90 Å². The van der Waals surface area contributed by atoms with Gasteiger partial charge in [0.05, 0.1) is 10.5 Å². The molecule has 0 saturated heterocycles. The monoisotopic (exact) mass is 211 g/mol. The Balaban J connectivity index is 0.000000921. The van der Waals surface area contributed by atoms with Crippen LogP contribution in [0.1, 0.15) is 15.9 Å². The molecule has 1 aromatic rings. The van der Waals surface area contributed by atoms with Crippen LogP contribution in [0.2, 0.25) is 0 Å². The van der Waals surface area contributed by atoms with Crippen LogP contribution in [-0.2, 0) is 4.79 Å². The van der Waals surface area contributed by atoms with Crippen LogP contribution in [0.15, 0.2) is 18.2 Å². The second-order valence-electron chi connectivity index (χ2n) is 2.51. The van der Waals surface area contributed by atoms with Crippen molar-refractivity contribution in [1.29, 1.82) is 0 Å². The Morgan fingerprint density at radius 1 is 1.47 bits per heavy atom. The Kier molecular flexibility index (Phi) is 4.66. The normalized spacial score (nSPS) is 8.60. The maximum atomic E-state index is 10.6. The largest absolute Gasteiger partial charge is 0.478 e. The number of carboxylic acid groups (broad SMARTS) is 1. The lowest BCUT2D eigenvalue weighted by molar-refractivity contribution is -0.385. The maximum Gasteiger partial charge on any atom is 0.336 e. The van der Waals surface area contributed by atoms with Crippen LogP contribution in [0.5, 0.6) is 0 Å². The van der Waals surface area contributed by atoms with Crippen molar-refractivity contribution in [3.8, 4) is 0 Å². The van der Waals surface area contributed by atoms with Gasteiger partial charge in [0.2, 0.25) is 0 Å². The zero-order chi connectivity index (χ0) is 12.0. The fourth-order valence-corrected chi connectivity index (χ4v) is 1.05. The molecule has 15 heavy (non-hydrogen) atoms.